The minimum atomic E-state index is -0.495. The smallest absolute Gasteiger partial charge is 0.337 e. The topological polar surface area (TPSA) is 64.6 Å². The highest BCUT2D eigenvalue weighted by atomic mass is 32.1. The lowest BCUT2D eigenvalue weighted by Gasteiger charge is -2.07. The van der Waals surface area contributed by atoms with Gasteiger partial charge in [0.05, 0.1) is 24.2 Å². The van der Waals surface area contributed by atoms with Crippen molar-refractivity contribution in [2.45, 2.75) is 6.61 Å². The van der Waals surface area contributed by atoms with Gasteiger partial charge in [0.1, 0.15) is 5.82 Å². The van der Waals surface area contributed by atoms with Crippen LogP contribution in [0.1, 0.15) is 25.6 Å². The number of hydrogen-bond acceptors (Lipinski definition) is 5. The second-order valence-electron chi connectivity index (χ2n) is 5.48. The molecule has 0 aliphatic heterocycles. The van der Waals surface area contributed by atoms with Gasteiger partial charge < -0.3 is 14.8 Å². The van der Waals surface area contributed by atoms with Gasteiger partial charge in [-0.05, 0) is 30.3 Å². The van der Waals surface area contributed by atoms with E-state index < -0.39 is 11.8 Å². The molecule has 1 aromatic heterocycles. The molecular weight excluding hydrogens is 357 g/mol. The van der Waals surface area contributed by atoms with Gasteiger partial charge in [0.25, 0.3) is 5.91 Å². The van der Waals surface area contributed by atoms with Crippen molar-refractivity contribution in [1.82, 2.24) is 0 Å². The fraction of sp³-hybridized carbons (Fsp3) is 0.158. The maximum atomic E-state index is 14.2. The predicted molar refractivity (Wildman–Crippen MR) is 98.2 cm³/mol. The number of fused-ring (bicyclic) bond motifs is 1. The summed E-state index contributed by atoms with van der Waals surface area (Å²) >= 11 is 1.20. The van der Waals surface area contributed by atoms with E-state index in [1.807, 2.05) is 0 Å². The van der Waals surface area contributed by atoms with Crippen LogP contribution in [0.4, 0.5) is 10.1 Å². The predicted octanol–water partition coefficient (Wildman–Crippen LogP) is 4.23. The average Bonchev–Trinajstić information content (AvgIpc) is 3.01. The largest absolute Gasteiger partial charge is 0.465 e. The Bertz CT molecular complexity index is 983. The van der Waals surface area contributed by atoms with Crippen LogP contribution >= 0.6 is 11.3 Å². The fourth-order valence-electron chi connectivity index (χ4n) is 2.66. The molecule has 0 unspecified atom stereocenters. The highest BCUT2D eigenvalue weighted by molar-refractivity contribution is 7.21. The molecule has 1 amide bonds. The van der Waals surface area contributed by atoms with Gasteiger partial charge in [-0.2, -0.15) is 0 Å². The van der Waals surface area contributed by atoms with E-state index in [4.69, 9.17) is 4.74 Å². The Morgan fingerprint density at radius 2 is 1.92 bits per heavy atom. The Balaban J connectivity index is 1.97. The van der Waals surface area contributed by atoms with Crippen molar-refractivity contribution in [3.8, 4) is 0 Å². The second kappa shape index (κ2) is 7.63. The number of carbonyl (C=O) groups excluding carboxylic acids is 2. The first-order valence-electron chi connectivity index (χ1n) is 7.73. The number of rotatable bonds is 5. The molecule has 134 valence electrons. The Kier molecular flexibility index (Phi) is 5.29. The number of hydrogen-bond donors (Lipinski definition) is 1. The summed E-state index contributed by atoms with van der Waals surface area (Å²) in [6.45, 7) is 0.117. The third-order valence-corrected chi connectivity index (χ3v) is 5.00. The van der Waals surface area contributed by atoms with E-state index >= 15 is 0 Å². The lowest BCUT2D eigenvalue weighted by molar-refractivity contribution is 0.0600. The number of methoxy groups -OCH3 is 2. The lowest BCUT2D eigenvalue weighted by Crippen LogP contribution is -2.13. The minimum Gasteiger partial charge on any atom is -0.465 e. The normalized spacial score (nSPS) is 10.7. The van der Waals surface area contributed by atoms with Crippen LogP contribution < -0.4 is 5.32 Å². The summed E-state index contributed by atoms with van der Waals surface area (Å²) in [5.74, 6) is -1.28. The lowest BCUT2D eigenvalue weighted by atomic mass is 10.1. The minimum absolute atomic E-state index is 0.117. The standard InChI is InChI=1S/C19H16FNO4S/c1-24-10-13-16-14(20)7-4-8-15(16)26-17(13)18(22)21-12-6-3-5-11(9-12)19(23)25-2/h3-9H,10H2,1-2H3,(H,21,22). The van der Waals surface area contributed by atoms with Crippen molar-refractivity contribution in [3.63, 3.8) is 0 Å². The van der Waals surface area contributed by atoms with E-state index in [1.165, 1.54) is 37.7 Å². The number of benzene rings is 2. The summed E-state index contributed by atoms with van der Waals surface area (Å²) in [5, 5.41) is 3.14. The second-order valence-corrected chi connectivity index (χ2v) is 6.53. The molecule has 0 atom stereocenters. The summed E-state index contributed by atoms with van der Waals surface area (Å²) in [5.41, 5.74) is 1.27. The van der Waals surface area contributed by atoms with Gasteiger partial charge in [-0.25, -0.2) is 9.18 Å². The Labute approximate surface area is 153 Å². The van der Waals surface area contributed by atoms with Crippen molar-refractivity contribution in [2.24, 2.45) is 0 Å². The zero-order valence-corrected chi connectivity index (χ0v) is 15.0. The van der Waals surface area contributed by atoms with Crippen LogP contribution in [0.2, 0.25) is 0 Å². The molecule has 26 heavy (non-hydrogen) atoms. The van der Waals surface area contributed by atoms with Crippen LogP contribution in [0.25, 0.3) is 10.1 Å². The number of ether oxygens (including phenoxy) is 2. The summed E-state index contributed by atoms with van der Waals surface area (Å²) in [4.78, 5) is 24.7. The molecule has 0 aliphatic rings. The monoisotopic (exact) mass is 373 g/mol. The average molecular weight is 373 g/mol. The number of carbonyl (C=O) groups is 2. The zero-order valence-electron chi connectivity index (χ0n) is 14.2. The highest BCUT2D eigenvalue weighted by Gasteiger charge is 2.21. The van der Waals surface area contributed by atoms with Gasteiger partial charge in [0, 0.05) is 28.4 Å². The molecule has 3 rings (SSSR count). The van der Waals surface area contributed by atoms with Gasteiger partial charge in [-0.15, -0.1) is 11.3 Å². The Hall–Kier alpha value is -2.77. The molecule has 0 fully saturated rings. The number of amides is 1. The van der Waals surface area contributed by atoms with Crippen LogP contribution in [-0.2, 0) is 16.1 Å². The third-order valence-electron chi connectivity index (χ3n) is 3.80. The number of esters is 1. The van der Waals surface area contributed by atoms with Gasteiger partial charge in [0.2, 0.25) is 0 Å². The summed E-state index contributed by atoms with van der Waals surface area (Å²) in [6.07, 6.45) is 0. The molecule has 0 aliphatic carbocycles. The van der Waals surface area contributed by atoms with Crippen LogP contribution in [-0.4, -0.2) is 26.1 Å². The van der Waals surface area contributed by atoms with Crippen LogP contribution in [0, 0.1) is 5.82 Å². The first kappa shape index (κ1) is 18.0. The third kappa shape index (κ3) is 3.44. The van der Waals surface area contributed by atoms with Crippen LogP contribution in [0.3, 0.4) is 0 Å². The molecule has 0 spiro atoms. The Morgan fingerprint density at radius 3 is 2.65 bits per heavy atom. The molecule has 0 radical (unpaired) electrons. The van der Waals surface area contributed by atoms with E-state index in [9.17, 15) is 14.0 Å². The Morgan fingerprint density at radius 1 is 1.15 bits per heavy atom. The number of halogens is 1. The molecule has 2 aromatic carbocycles. The highest BCUT2D eigenvalue weighted by Crippen LogP contribution is 2.34. The number of nitrogens with one attached hydrogen (secondary N) is 1. The quantitative estimate of drug-likeness (QED) is 0.680. The molecule has 1 heterocycles. The molecule has 0 bridgehead atoms. The SMILES string of the molecule is COCc1c(C(=O)Nc2cccc(C(=O)OC)c2)sc2cccc(F)c12. The van der Waals surface area contributed by atoms with E-state index in [0.29, 0.717) is 31.8 Å². The van der Waals surface area contributed by atoms with Gasteiger partial charge in [-0.1, -0.05) is 12.1 Å². The van der Waals surface area contributed by atoms with Crippen LogP contribution in [0.5, 0.6) is 0 Å². The zero-order chi connectivity index (χ0) is 18.7. The molecule has 0 saturated carbocycles. The van der Waals surface area contributed by atoms with Crippen molar-refractivity contribution in [1.29, 1.82) is 0 Å². The maximum absolute atomic E-state index is 14.2. The molecular formula is C19H16FNO4S. The maximum Gasteiger partial charge on any atom is 0.337 e. The molecule has 0 saturated heterocycles. The van der Waals surface area contributed by atoms with Crippen molar-refractivity contribution < 1.29 is 23.5 Å². The number of thiophene rings is 1. The summed E-state index contributed by atoms with van der Waals surface area (Å²) < 4.78 is 24.7. The van der Waals surface area contributed by atoms with Gasteiger partial charge >= 0.3 is 5.97 Å². The molecule has 1 N–H and O–H groups in total. The van der Waals surface area contributed by atoms with Gasteiger partial charge in [-0.3, -0.25) is 4.79 Å². The van der Waals surface area contributed by atoms with E-state index in [0.717, 1.165) is 0 Å². The molecule has 7 heteroatoms. The van der Waals surface area contributed by atoms with Crippen molar-refractivity contribution in [3.05, 3.63) is 64.3 Å². The number of anilines is 1. The summed E-state index contributed by atoms with van der Waals surface area (Å²) in [7, 11) is 2.78. The van der Waals surface area contributed by atoms with Crippen molar-refractivity contribution >= 4 is 39.0 Å². The van der Waals surface area contributed by atoms with E-state index in [1.54, 1.807) is 30.3 Å². The van der Waals surface area contributed by atoms with Gasteiger partial charge in [0.15, 0.2) is 0 Å². The van der Waals surface area contributed by atoms with Crippen molar-refractivity contribution in [2.75, 3.05) is 19.5 Å². The van der Waals surface area contributed by atoms with Crippen LogP contribution in [0.15, 0.2) is 42.5 Å². The van der Waals surface area contributed by atoms with E-state index in [2.05, 4.69) is 10.1 Å². The fourth-order valence-corrected chi connectivity index (χ4v) is 3.78. The van der Waals surface area contributed by atoms with E-state index in [-0.39, 0.29) is 12.5 Å². The first-order chi connectivity index (χ1) is 12.5. The molecule has 5 nitrogen and oxygen atoms in total. The molecule has 3 aromatic rings. The first-order valence-corrected chi connectivity index (χ1v) is 8.55. The summed E-state index contributed by atoms with van der Waals surface area (Å²) in [6, 6.07) is 11.1.